The van der Waals surface area contributed by atoms with Crippen LogP contribution in [0.4, 0.5) is 5.00 Å². The van der Waals surface area contributed by atoms with E-state index in [2.05, 4.69) is 5.32 Å². The summed E-state index contributed by atoms with van der Waals surface area (Å²) in [7, 11) is 1.29. The van der Waals surface area contributed by atoms with Crippen molar-refractivity contribution >= 4 is 51.6 Å². The van der Waals surface area contributed by atoms with Gasteiger partial charge < -0.3 is 15.0 Å². The minimum atomic E-state index is -0.509. The van der Waals surface area contributed by atoms with Gasteiger partial charge in [-0.3, -0.25) is 9.59 Å². The first-order valence-corrected chi connectivity index (χ1v) is 10.0. The van der Waals surface area contributed by atoms with Crippen molar-refractivity contribution in [2.45, 2.75) is 6.92 Å². The predicted octanol–water partition coefficient (Wildman–Crippen LogP) is 3.36. The number of nitrogens with zero attached hydrogens (tertiary/aromatic N) is 1. The molecule has 140 valence electrons. The van der Waals surface area contributed by atoms with Gasteiger partial charge in [-0.2, -0.15) is 0 Å². The number of methoxy groups -OCH3 is 1. The molecule has 0 atom stereocenters. The van der Waals surface area contributed by atoms with Gasteiger partial charge in [0.2, 0.25) is 11.8 Å². The van der Waals surface area contributed by atoms with Crippen molar-refractivity contribution in [2.24, 2.45) is 0 Å². The first kappa shape index (κ1) is 19.2. The Morgan fingerprint density at radius 3 is 2.70 bits per heavy atom. The molecule has 0 bridgehead atoms. The van der Waals surface area contributed by atoms with Crippen molar-refractivity contribution in [3.63, 3.8) is 0 Å². The molecule has 1 N–H and O–H groups in total. The molecule has 27 heavy (non-hydrogen) atoms. The van der Waals surface area contributed by atoms with Crippen molar-refractivity contribution in [1.29, 1.82) is 0 Å². The summed E-state index contributed by atoms with van der Waals surface area (Å²) in [6.45, 7) is 1.71. The lowest BCUT2D eigenvalue weighted by Gasteiger charge is -2.28. The Bertz CT molecular complexity index is 906. The van der Waals surface area contributed by atoms with Crippen LogP contribution in [0.25, 0.3) is 5.70 Å². The van der Waals surface area contributed by atoms with E-state index in [0.29, 0.717) is 16.3 Å². The number of nitrogens with one attached hydrogen (secondary N) is 1. The fourth-order valence-electron chi connectivity index (χ4n) is 2.65. The van der Waals surface area contributed by atoms with E-state index in [1.54, 1.807) is 6.07 Å². The Balaban J connectivity index is 1.78. The summed E-state index contributed by atoms with van der Waals surface area (Å²) >= 11 is 2.70. The maximum atomic E-state index is 12.6. The van der Waals surface area contributed by atoms with E-state index in [-0.39, 0.29) is 24.1 Å². The molecular weight excluding hydrogens is 384 g/mol. The SMILES string of the molecule is COC(=O)c1cc(C)sc1NC(=O)CN1C(=O)CSC=C1c1ccccc1. The van der Waals surface area contributed by atoms with E-state index in [4.69, 9.17) is 4.74 Å². The molecule has 0 saturated carbocycles. The normalized spacial score (nSPS) is 13.9. The lowest BCUT2D eigenvalue weighted by Crippen LogP contribution is -2.39. The van der Waals surface area contributed by atoms with Crippen LogP contribution in [-0.2, 0) is 14.3 Å². The summed E-state index contributed by atoms with van der Waals surface area (Å²) < 4.78 is 4.75. The van der Waals surface area contributed by atoms with Gasteiger partial charge in [0.15, 0.2) is 0 Å². The average Bonchev–Trinajstić information content (AvgIpc) is 3.03. The number of carbonyl (C=O) groups excluding carboxylic acids is 3. The Labute approximate surface area is 165 Å². The molecule has 0 aliphatic carbocycles. The minimum Gasteiger partial charge on any atom is -0.465 e. The number of thiophene rings is 1. The zero-order valence-corrected chi connectivity index (χ0v) is 16.5. The molecule has 8 heteroatoms. The molecule has 2 amide bonds. The van der Waals surface area contributed by atoms with Gasteiger partial charge in [-0.15, -0.1) is 23.1 Å². The highest BCUT2D eigenvalue weighted by Gasteiger charge is 2.26. The molecule has 1 aromatic carbocycles. The fraction of sp³-hybridized carbons (Fsp3) is 0.211. The second-order valence-corrected chi connectivity index (χ2v) is 7.91. The van der Waals surface area contributed by atoms with Crippen molar-refractivity contribution in [3.8, 4) is 0 Å². The number of hydrogen-bond donors (Lipinski definition) is 1. The maximum absolute atomic E-state index is 12.6. The number of aryl methyl sites for hydroxylation is 1. The summed E-state index contributed by atoms with van der Waals surface area (Å²) in [4.78, 5) is 39.2. The van der Waals surface area contributed by atoms with E-state index < -0.39 is 5.97 Å². The number of anilines is 1. The molecule has 1 aliphatic rings. The van der Waals surface area contributed by atoms with E-state index in [9.17, 15) is 14.4 Å². The van der Waals surface area contributed by atoms with Crippen molar-refractivity contribution in [3.05, 3.63) is 57.8 Å². The summed E-state index contributed by atoms with van der Waals surface area (Å²) in [6.07, 6.45) is 0. The van der Waals surface area contributed by atoms with Crippen LogP contribution in [0.15, 0.2) is 41.8 Å². The highest BCUT2D eigenvalue weighted by Crippen LogP contribution is 2.30. The molecule has 1 aromatic heterocycles. The highest BCUT2D eigenvalue weighted by molar-refractivity contribution is 8.03. The Morgan fingerprint density at radius 1 is 1.26 bits per heavy atom. The van der Waals surface area contributed by atoms with Gasteiger partial charge in [0, 0.05) is 4.88 Å². The predicted molar refractivity (Wildman–Crippen MR) is 108 cm³/mol. The first-order chi connectivity index (χ1) is 13.0. The Hall–Kier alpha value is -2.58. The standard InChI is InChI=1S/C19H18N2O4S2/c1-12-8-14(19(24)25-2)18(27-12)20-16(22)9-21-15(10-26-11-17(21)23)13-6-4-3-5-7-13/h3-8,10H,9,11H2,1-2H3,(H,20,22). The molecular formula is C19H18N2O4S2. The molecule has 0 fully saturated rings. The van der Waals surface area contributed by atoms with Crippen LogP contribution < -0.4 is 5.32 Å². The summed E-state index contributed by atoms with van der Waals surface area (Å²) in [5.41, 5.74) is 1.88. The summed E-state index contributed by atoms with van der Waals surface area (Å²) in [5, 5.41) is 5.05. The smallest absolute Gasteiger partial charge is 0.340 e. The molecule has 0 radical (unpaired) electrons. The molecule has 1 aliphatic heterocycles. The molecule has 6 nitrogen and oxygen atoms in total. The van der Waals surface area contributed by atoms with Crippen molar-refractivity contribution in [1.82, 2.24) is 4.90 Å². The number of amides is 2. The number of esters is 1. The lowest BCUT2D eigenvalue weighted by molar-refractivity contribution is -0.129. The third-order valence-electron chi connectivity index (χ3n) is 3.88. The summed E-state index contributed by atoms with van der Waals surface area (Å²) in [6, 6.07) is 11.1. The van der Waals surface area contributed by atoms with Crippen LogP contribution in [0.5, 0.6) is 0 Å². The van der Waals surface area contributed by atoms with Gasteiger partial charge in [0.25, 0.3) is 0 Å². The Kier molecular flexibility index (Phi) is 5.98. The topological polar surface area (TPSA) is 75.7 Å². The zero-order chi connectivity index (χ0) is 19.4. The van der Waals surface area contributed by atoms with E-state index >= 15 is 0 Å². The molecule has 0 saturated heterocycles. The third-order valence-corrected chi connectivity index (χ3v) is 5.65. The van der Waals surface area contributed by atoms with E-state index in [0.717, 1.165) is 10.4 Å². The highest BCUT2D eigenvalue weighted by atomic mass is 32.2. The largest absolute Gasteiger partial charge is 0.465 e. The average molecular weight is 402 g/mol. The molecule has 0 spiro atoms. The van der Waals surface area contributed by atoms with Gasteiger partial charge in [-0.05, 0) is 24.0 Å². The van der Waals surface area contributed by atoms with E-state index in [1.165, 1.54) is 35.1 Å². The molecule has 2 aromatic rings. The number of carbonyl (C=O) groups is 3. The van der Waals surface area contributed by atoms with E-state index in [1.807, 2.05) is 42.7 Å². The van der Waals surface area contributed by atoms with Crippen molar-refractivity contribution < 1.29 is 19.1 Å². The molecule has 2 heterocycles. The van der Waals surface area contributed by atoms with Crippen LogP contribution in [0.2, 0.25) is 0 Å². The van der Waals surface area contributed by atoms with Gasteiger partial charge in [-0.1, -0.05) is 30.3 Å². The molecule has 0 unspecified atom stereocenters. The Morgan fingerprint density at radius 2 is 2.00 bits per heavy atom. The number of thioether (sulfide) groups is 1. The van der Waals surface area contributed by atoms with Gasteiger partial charge >= 0.3 is 5.97 Å². The second kappa shape index (κ2) is 8.41. The second-order valence-electron chi connectivity index (χ2n) is 5.80. The van der Waals surface area contributed by atoms with Crippen LogP contribution in [0.3, 0.4) is 0 Å². The number of rotatable bonds is 5. The quantitative estimate of drug-likeness (QED) is 0.776. The third kappa shape index (κ3) is 4.40. The number of ether oxygens (including phenoxy) is 1. The number of benzene rings is 1. The first-order valence-electron chi connectivity index (χ1n) is 8.15. The van der Waals surface area contributed by atoms with Gasteiger partial charge in [-0.25, -0.2) is 4.79 Å². The van der Waals surface area contributed by atoms with Crippen molar-refractivity contribution in [2.75, 3.05) is 24.7 Å². The zero-order valence-electron chi connectivity index (χ0n) is 14.9. The van der Waals surface area contributed by atoms with Gasteiger partial charge in [0.05, 0.1) is 24.1 Å². The molecule has 3 rings (SSSR count). The lowest BCUT2D eigenvalue weighted by atomic mass is 10.1. The monoisotopic (exact) mass is 402 g/mol. The van der Waals surface area contributed by atoms with Crippen LogP contribution in [-0.4, -0.2) is 42.1 Å². The minimum absolute atomic E-state index is 0.127. The van der Waals surface area contributed by atoms with Crippen LogP contribution in [0, 0.1) is 6.92 Å². The van der Waals surface area contributed by atoms with Gasteiger partial charge in [0.1, 0.15) is 11.5 Å². The summed E-state index contributed by atoms with van der Waals surface area (Å²) in [5.74, 6) is -0.726. The number of hydrogen-bond acceptors (Lipinski definition) is 6. The van der Waals surface area contributed by atoms with Crippen LogP contribution in [0.1, 0.15) is 20.8 Å². The maximum Gasteiger partial charge on any atom is 0.340 e. The van der Waals surface area contributed by atoms with Crippen LogP contribution >= 0.6 is 23.1 Å². The fourth-order valence-corrected chi connectivity index (χ4v) is 4.37.